The topological polar surface area (TPSA) is 62.7 Å². The van der Waals surface area contributed by atoms with Crippen molar-refractivity contribution in [2.24, 2.45) is 0 Å². The van der Waals surface area contributed by atoms with Crippen LogP contribution in [-0.4, -0.2) is 50.9 Å². The molecule has 1 aliphatic heterocycles. The average Bonchev–Trinajstić information content (AvgIpc) is 3.23. The molecule has 0 bridgehead atoms. The zero-order chi connectivity index (χ0) is 17.4. The van der Waals surface area contributed by atoms with Crippen molar-refractivity contribution < 1.29 is 17.6 Å². The fourth-order valence-corrected chi connectivity index (χ4v) is 2.90. The Morgan fingerprint density at radius 2 is 1.84 bits per heavy atom. The van der Waals surface area contributed by atoms with E-state index in [9.17, 15) is 13.2 Å². The first kappa shape index (κ1) is 15.9. The van der Waals surface area contributed by atoms with Crippen LogP contribution in [0.5, 0.6) is 0 Å². The summed E-state index contributed by atoms with van der Waals surface area (Å²) in [6, 6.07) is 5.10. The maximum absolute atomic E-state index is 13.0. The number of nitrogens with zero attached hydrogens (tertiary/aromatic N) is 6. The van der Waals surface area contributed by atoms with Crippen LogP contribution in [0.2, 0.25) is 0 Å². The van der Waals surface area contributed by atoms with E-state index in [-0.39, 0.29) is 5.65 Å². The summed E-state index contributed by atoms with van der Waals surface area (Å²) in [6.45, 7) is 3.73. The maximum Gasteiger partial charge on any atom is 0.453 e. The molecule has 0 radical (unpaired) electrons. The predicted octanol–water partition coefficient (Wildman–Crippen LogP) is 2.06. The standard InChI is InChI=1S/C15H15F3N6O/c16-15(17,18)14-20-19-12-1-2-13(21-24(12)14)23-6-4-22(5-7-23)9-11-3-8-25-10-11/h1-3,8,10H,4-7,9H2. The van der Waals surface area contributed by atoms with E-state index < -0.39 is 12.0 Å². The highest BCUT2D eigenvalue weighted by molar-refractivity contribution is 5.46. The largest absolute Gasteiger partial charge is 0.472 e. The molecule has 0 amide bonds. The molecule has 3 aromatic rings. The quantitative estimate of drug-likeness (QED) is 0.719. The molecule has 3 aromatic heterocycles. The first-order valence-corrected chi connectivity index (χ1v) is 7.79. The van der Waals surface area contributed by atoms with E-state index >= 15 is 0 Å². The SMILES string of the molecule is FC(F)(F)c1nnc2ccc(N3CCN(Cc4ccoc4)CC3)nn12. The molecule has 7 nitrogen and oxygen atoms in total. The predicted molar refractivity (Wildman–Crippen MR) is 82.0 cm³/mol. The Morgan fingerprint density at radius 3 is 2.52 bits per heavy atom. The van der Waals surface area contributed by atoms with Crippen molar-refractivity contribution in [3.63, 3.8) is 0 Å². The Kier molecular flexibility index (Phi) is 3.83. The normalized spacial score (nSPS) is 16.7. The van der Waals surface area contributed by atoms with E-state index in [1.165, 1.54) is 6.07 Å². The molecule has 4 heterocycles. The minimum absolute atomic E-state index is 0.0784. The van der Waals surface area contributed by atoms with Gasteiger partial charge in [-0.2, -0.15) is 17.7 Å². The molecule has 1 fully saturated rings. The Morgan fingerprint density at radius 1 is 1.04 bits per heavy atom. The van der Waals surface area contributed by atoms with E-state index in [0.29, 0.717) is 18.9 Å². The molecule has 1 aliphatic rings. The Labute approximate surface area is 140 Å². The lowest BCUT2D eigenvalue weighted by atomic mass is 10.2. The van der Waals surface area contributed by atoms with Gasteiger partial charge in [0.2, 0.25) is 0 Å². The van der Waals surface area contributed by atoms with Gasteiger partial charge in [0, 0.05) is 38.3 Å². The number of rotatable bonds is 3. The number of halogens is 3. The molecule has 0 saturated carbocycles. The van der Waals surface area contributed by atoms with Gasteiger partial charge in [-0.1, -0.05) is 0 Å². The highest BCUT2D eigenvalue weighted by atomic mass is 19.4. The number of piperazine rings is 1. The molecule has 0 N–H and O–H groups in total. The van der Waals surface area contributed by atoms with E-state index in [1.807, 2.05) is 11.0 Å². The molecule has 10 heteroatoms. The second kappa shape index (κ2) is 6.03. The summed E-state index contributed by atoms with van der Waals surface area (Å²) in [7, 11) is 0. The lowest BCUT2D eigenvalue weighted by molar-refractivity contribution is -0.146. The molecular weight excluding hydrogens is 337 g/mol. The number of aromatic nitrogens is 4. The van der Waals surface area contributed by atoms with Crippen molar-refractivity contribution in [3.8, 4) is 0 Å². The third-order valence-corrected chi connectivity index (χ3v) is 4.18. The summed E-state index contributed by atoms with van der Waals surface area (Å²) in [5.74, 6) is -0.622. The molecule has 0 atom stereocenters. The summed E-state index contributed by atoms with van der Waals surface area (Å²) in [5, 5.41) is 10.8. The van der Waals surface area contributed by atoms with E-state index in [0.717, 1.165) is 29.7 Å². The van der Waals surface area contributed by atoms with Crippen LogP contribution in [0.4, 0.5) is 19.0 Å². The number of hydrogen-bond acceptors (Lipinski definition) is 6. The number of alkyl halides is 3. The van der Waals surface area contributed by atoms with E-state index in [4.69, 9.17) is 4.42 Å². The van der Waals surface area contributed by atoms with Crippen LogP contribution >= 0.6 is 0 Å². The Balaban J connectivity index is 1.49. The van der Waals surface area contributed by atoms with Crippen LogP contribution in [0.25, 0.3) is 5.65 Å². The number of fused-ring (bicyclic) bond motifs is 1. The zero-order valence-corrected chi connectivity index (χ0v) is 13.1. The van der Waals surface area contributed by atoms with Gasteiger partial charge in [-0.05, 0) is 18.2 Å². The number of furan rings is 1. The van der Waals surface area contributed by atoms with Crippen LogP contribution in [0.15, 0.2) is 35.1 Å². The van der Waals surface area contributed by atoms with Crippen molar-refractivity contribution in [1.82, 2.24) is 24.7 Å². The highest BCUT2D eigenvalue weighted by Crippen LogP contribution is 2.28. The van der Waals surface area contributed by atoms with Crippen molar-refractivity contribution in [2.75, 3.05) is 31.1 Å². The maximum atomic E-state index is 13.0. The van der Waals surface area contributed by atoms with Crippen molar-refractivity contribution in [3.05, 3.63) is 42.1 Å². The lowest BCUT2D eigenvalue weighted by Gasteiger charge is -2.35. The van der Waals surface area contributed by atoms with Gasteiger partial charge in [-0.3, -0.25) is 4.90 Å². The molecule has 0 spiro atoms. The van der Waals surface area contributed by atoms with Crippen molar-refractivity contribution in [2.45, 2.75) is 12.7 Å². The first-order valence-electron chi connectivity index (χ1n) is 7.79. The number of hydrogen-bond donors (Lipinski definition) is 0. The average molecular weight is 352 g/mol. The molecule has 0 aromatic carbocycles. The third kappa shape index (κ3) is 3.16. The fraction of sp³-hybridized carbons (Fsp3) is 0.400. The van der Waals surface area contributed by atoms with Gasteiger partial charge in [0.15, 0.2) is 5.65 Å². The first-order chi connectivity index (χ1) is 12.0. The smallest absolute Gasteiger partial charge is 0.453 e. The summed E-state index contributed by atoms with van der Waals surface area (Å²) in [4.78, 5) is 4.23. The van der Waals surface area contributed by atoms with Crippen LogP contribution in [0.3, 0.4) is 0 Å². The molecule has 25 heavy (non-hydrogen) atoms. The van der Waals surface area contributed by atoms with Gasteiger partial charge in [0.1, 0.15) is 5.82 Å². The lowest BCUT2D eigenvalue weighted by Crippen LogP contribution is -2.46. The molecule has 1 saturated heterocycles. The van der Waals surface area contributed by atoms with Crippen molar-refractivity contribution >= 4 is 11.5 Å². The van der Waals surface area contributed by atoms with Gasteiger partial charge < -0.3 is 9.32 Å². The monoisotopic (exact) mass is 352 g/mol. The molecule has 0 unspecified atom stereocenters. The minimum Gasteiger partial charge on any atom is -0.472 e. The zero-order valence-electron chi connectivity index (χ0n) is 13.1. The van der Waals surface area contributed by atoms with Gasteiger partial charge >= 0.3 is 6.18 Å². The summed E-state index contributed by atoms with van der Waals surface area (Å²) in [6.07, 6.45) is -1.23. The molecular formula is C15H15F3N6O. The third-order valence-electron chi connectivity index (χ3n) is 4.18. The minimum atomic E-state index is -4.59. The van der Waals surface area contributed by atoms with Gasteiger partial charge in [0.25, 0.3) is 5.82 Å². The fourth-order valence-electron chi connectivity index (χ4n) is 2.90. The Bertz CT molecular complexity index is 852. The summed E-state index contributed by atoms with van der Waals surface area (Å²) < 4.78 is 44.7. The van der Waals surface area contributed by atoms with Crippen molar-refractivity contribution in [1.29, 1.82) is 0 Å². The van der Waals surface area contributed by atoms with Crippen LogP contribution in [0.1, 0.15) is 11.4 Å². The second-order valence-corrected chi connectivity index (χ2v) is 5.88. The van der Waals surface area contributed by atoms with Gasteiger partial charge in [-0.15, -0.1) is 15.3 Å². The summed E-state index contributed by atoms with van der Waals surface area (Å²) >= 11 is 0. The molecule has 0 aliphatic carbocycles. The van der Waals surface area contributed by atoms with E-state index in [2.05, 4.69) is 20.2 Å². The highest BCUT2D eigenvalue weighted by Gasteiger charge is 2.37. The Hall–Kier alpha value is -2.62. The molecule has 4 rings (SSSR count). The van der Waals surface area contributed by atoms with Crippen LogP contribution < -0.4 is 4.90 Å². The van der Waals surface area contributed by atoms with Gasteiger partial charge in [-0.25, -0.2) is 0 Å². The van der Waals surface area contributed by atoms with Crippen LogP contribution in [0, 0.1) is 0 Å². The second-order valence-electron chi connectivity index (χ2n) is 5.88. The van der Waals surface area contributed by atoms with Crippen LogP contribution in [-0.2, 0) is 12.7 Å². The molecule has 132 valence electrons. The number of anilines is 1. The van der Waals surface area contributed by atoms with E-state index in [1.54, 1.807) is 18.6 Å². The summed E-state index contributed by atoms with van der Waals surface area (Å²) in [5.41, 5.74) is 1.18. The van der Waals surface area contributed by atoms with Gasteiger partial charge in [0.05, 0.1) is 12.5 Å².